The van der Waals surface area contributed by atoms with Crippen molar-refractivity contribution in [2.45, 2.75) is 26.0 Å². The fraction of sp³-hybridized carbons (Fsp3) is 0.412. The molecule has 5 heteroatoms. The summed E-state index contributed by atoms with van der Waals surface area (Å²) < 4.78 is 1.83. The molecular formula is C17H23N3OS. The Bertz CT molecular complexity index is 564. The number of nitrogens with zero attached hydrogens (tertiary/aromatic N) is 2. The van der Waals surface area contributed by atoms with E-state index < -0.39 is 0 Å². The van der Waals surface area contributed by atoms with Crippen LogP contribution in [-0.2, 0) is 10.5 Å². The third-order valence-corrected chi connectivity index (χ3v) is 4.25. The molecule has 0 saturated heterocycles. The Morgan fingerprint density at radius 2 is 2.09 bits per heavy atom. The first-order chi connectivity index (χ1) is 10.6. The number of rotatable bonds is 8. The first kappa shape index (κ1) is 16.6. The second kappa shape index (κ2) is 8.63. The number of aromatic nitrogens is 2. The van der Waals surface area contributed by atoms with Gasteiger partial charge in [0.2, 0.25) is 5.91 Å². The number of carbonyl (C=O) groups excluding carboxylic acids is 1. The largest absolute Gasteiger partial charge is 0.355 e. The predicted molar refractivity (Wildman–Crippen MR) is 92.2 cm³/mol. The summed E-state index contributed by atoms with van der Waals surface area (Å²) in [6.07, 6.45) is 4.72. The molecule has 0 aliphatic rings. The molecule has 0 aliphatic heterocycles. The second-order valence-corrected chi connectivity index (χ2v) is 6.63. The van der Waals surface area contributed by atoms with E-state index in [-0.39, 0.29) is 5.91 Å². The molecule has 1 amide bonds. The number of hydrogen-bond acceptors (Lipinski definition) is 3. The quantitative estimate of drug-likeness (QED) is 0.813. The molecule has 0 saturated carbocycles. The Labute approximate surface area is 136 Å². The van der Waals surface area contributed by atoms with E-state index in [9.17, 15) is 4.79 Å². The van der Waals surface area contributed by atoms with Crippen LogP contribution in [0.4, 0.5) is 0 Å². The van der Waals surface area contributed by atoms with E-state index in [2.05, 4.69) is 36.4 Å². The standard InChI is InChI=1S/C17H23N3OS/c1-14(2)8-10-18-17(21)13-22-12-15-4-6-16(7-5-15)20-11-3-9-19-20/h3-7,9,11,14H,8,10,12-13H2,1-2H3,(H,18,21). The zero-order valence-corrected chi connectivity index (χ0v) is 14.0. The highest BCUT2D eigenvalue weighted by atomic mass is 32.2. The summed E-state index contributed by atoms with van der Waals surface area (Å²) in [7, 11) is 0. The average Bonchev–Trinajstić information content (AvgIpc) is 3.02. The number of nitrogens with one attached hydrogen (secondary N) is 1. The maximum Gasteiger partial charge on any atom is 0.230 e. The monoisotopic (exact) mass is 317 g/mol. The van der Waals surface area contributed by atoms with Crippen LogP contribution in [0.5, 0.6) is 0 Å². The van der Waals surface area contributed by atoms with Gasteiger partial charge in [-0.2, -0.15) is 5.10 Å². The highest BCUT2D eigenvalue weighted by Crippen LogP contribution is 2.14. The molecule has 0 spiro atoms. The molecule has 0 aliphatic carbocycles. The topological polar surface area (TPSA) is 46.9 Å². The number of hydrogen-bond donors (Lipinski definition) is 1. The van der Waals surface area contributed by atoms with Crippen molar-refractivity contribution in [2.75, 3.05) is 12.3 Å². The first-order valence-electron chi connectivity index (χ1n) is 7.58. The van der Waals surface area contributed by atoms with Gasteiger partial charge >= 0.3 is 0 Å². The number of carbonyl (C=O) groups is 1. The lowest BCUT2D eigenvalue weighted by molar-refractivity contribution is -0.118. The van der Waals surface area contributed by atoms with E-state index in [1.165, 1.54) is 5.56 Å². The Morgan fingerprint density at radius 3 is 2.73 bits per heavy atom. The zero-order chi connectivity index (χ0) is 15.8. The average molecular weight is 317 g/mol. The lowest BCUT2D eigenvalue weighted by atomic mass is 10.1. The third kappa shape index (κ3) is 5.56. The van der Waals surface area contributed by atoms with Crippen molar-refractivity contribution in [1.82, 2.24) is 15.1 Å². The van der Waals surface area contributed by atoms with Crippen LogP contribution in [-0.4, -0.2) is 28.0 Å². The van der Waals surface area contributed by atoms with Gasteiger partial charge in [0.25, 0.3) is 0 Å². The molecule has 1 aromatic carbocycles. The summed E-state index contributed by atoms with van der Waals surface area (Å²) >= 11 is 1.64. The van der Waals surface area contributed by atoms with Crippen LogP contribution in [0.2, 0.25) is 0 Å². The van der Waals surface area contributed by atoms with Gasteiger partial charge in [-0.15, -0.1) is 11.8 Å². The van der Waals surface area contributed by atoms with Crippen molar-refractivity contribution in [3.8, 4) is 5.69 Å². The molecule has 1 heterocycles. The van der Waals surface area contributed by atoms with E-state index in [1.54, 1.807) is 18.0 Å². The van der Waals surface area contributed by atoms with Gasteiger partial charge in [-0.1, -0.05) is 26.0 Å². The molecule has 22 heavy (non-hydrogen) atoms. The summed E-state index contributed by atoms with van der Waals surface area (Å²) in [5, 5.41) is 7.16. The van der Waals surface area contributed by atoms with Crippen molar-refractivity contribution in [3.63, 3.8) is 0 Å². The molecule has 0 unspecified atom stereocenters. The number of amides is 1. The van der Waals surface area contributed by atoms with Crippen LogP contribution in [0.1, 0.15) is 25.8 Å². The van der Waals surface area contributed by atoms with Crippen LogP contribution >= 0.6 is 11.8 Å². The molecule has 0 bridgehead atoms. The molecule has 1 aromatic heterocycles. The van der Waals surface area contributed by atoms with E-state index in [1.807, 2.05) is 29.1 Å². The van der Waals surface area contributed by atoms with Gasteiger partial charge in [0.05, 0.1) is 11.4 Å². The minimum absolute atomic E-state index is 0.124. The van der Waals surface area contributed by atoms with Crippen molar-refractivity contribution in [1.29, 1.82) is 0 Å². The molecule has 0 fully saturated rings. The Balaban J connectivity index is 1.70. The number of thioether (sulfide) groups is 1. The van der Waals surface area contributed by atoms with Gasteiger partial charge in [0, 0.05) is 24.7 Å². The fourth-order valence-electron chi connectivity index (χ4n) is 1.98. The lowest BCUT2D eigenvalue weighted by Gasteiger charge is -2.07. The van der Waals surface area contributed by atoms with E-state index in [0.29, 0.717) is 11.7 Å². The van der Waals surface area contributed by atoms with Gasteiger partial charge in [-0.3, -0.25) is 4.79 Å². The van der Waals surface area contributed by atoms with Crippen LogP contribution < -0.4 is 5.32 Å². The van der Waals surface area contributed by atoms with Crippen molar-refractivity contribution < 1.29 is 4.79 Å². The van der Waals surface area contributed by atoms with Crippen molar-refractivity contribution in [3.05, 3.63) is 48.3 Å². The highest BCUT2D eigenvalue weighted by molar-refractivity contribution is 7.99. The Morgan fingerprint density at radius 1 is 1.32 bits per heavy atom. The second-order valence-electron chi connectivity index (χ2n) is 5.64. The molecule has 0 atom stereocenters. The van der Waals surface area contributed by atoms with Crippen LogP contribution in [0, 0.1) is 5.92 Å². The summed E-state index contributed by atoms with van der Waals surface area (Å²) in [6.45, 7) is 5.09. The normalized spacial score (nSPS) is 10.9. The predicted octanol–water partition coefficient (Wildman–Crippen LogP) is 3.27. The molecular weight excluding hydrogens is 294 g/mol. The molecule has 2 rings (SSSR count). The van der Waals surface area contributed by atoms with Crippen molar-refractivity contribution >= 4 is 17.7 Å². The number of benzene rings is 1. The van der Waals surface area contributed by atoms with Gasteiger partial charge in [-0.25, -0.2) is 4.68 Å². The third-order valence-electron chi connectivity index (χ3n) is 3.25. The minimum Gasteiger partial charge on any atom is -0.355 e. The molecule has 0 radical (unpaired) electrons. The Hall–Kier alpha value is -1.75. The van der Waals surface area contributed by atoms with Crippen LogP contribution in [0.3, 0.4) is 0 Å². The maximum atomic E-state index is 11.7. The van der Waals surface area contributed by atoms with Crippen molar-refractivity contribution in [2.24, 2.45) is 5.92 Å². The molecule has 1 N–H and O–H groups in total. The maximum absolute atomic E-state index is 11.7. The molecule has 118 valence electrons. The van der Waals surface area contributed by atoms with E-state index in [4.69, 9.17) is 0 Å². The van der Waals surface area contributed by atoms with Crippen LogP contribution in [0.25, 0.3) is 5.69 Å². The van der Waals surface area contributed by atoms with E-state index >= 15 is 0 Å². The summed E-state index contributed by atoms with van der Waals surface area (Å²) in [5.41, 5.74) is 2.26. The first-order valence-corrected chi connectivity index (χ1v) is 8.74. The zero-order valence-electron chi connectivity index (χ0n) is 13.2. The smallest absolute Gasteiger partial charge is 0.230 e. The fourth-order valence-corrected chi connectivity index (χ4v) is 2.80. The lowest BCUT2D eigenvalue weighted by Crippen LogP contribution is -2.26. The minimum atomic E-state index is 0.124. The highest BCUT2D eigenvalue weighted by Gasteiger charge is 2.03. The summed E-state index contributed by atoms with van der Waals surface area (Å²) in [4.78, 5) is 11.7. The summed E-state index contributed by atoms with van der Waals surface area (Å²) in [5.74, 6) is 2.11. The molecule has 4 nitrogen and oxygen atoms in total. The Kier molecular flexibility index (Phi) is 6.52. The van der Waals surface area contributed by atoms with Gasteiger partial charge in [0.1, 0.15) is 0 Å². The van der Waals surface area contributed by atoms with Crippen LogP contribution in [0.15, 0.2) is 42.7 Å². The van der Waals surface area contributed by atoms with E-state index in [0.717, 1.165) is 24.4 Å². The van der Waals surface area contributed by atoms with Gasteiger partial charge in [0.15, 0.2) is 0 Å². The molecule has 2 aromatic rings. The van der Waals surface area contributed by atoms with Gasteiger partial charge in [-0.05, 0) is 36.1 Å². The van der Waals surface area contributed by atoms with Gasteiger partial charge < -0.3 is 5.32 Å². The summed E-state index contributed by atoms with van der Waals surface area (Å²) in [6, 6.07) is 10.2. The SMILES string of the molecule is CC(C)CCNC(=O)CSCc1ccc(-n2cccn2)cc1.